The summed E-state index contributed by atoms with van der Waals surface area (Å²) < 4.78 is 5.47. The Bertz CT molecular complexity index is 955. The van der Waals surface area contributed by atoms with Crippen LogP contribution in [-0.4, -0.2) is 47.4 Å². The van der Waals surface area contributed by atoms with Gasteiger partial charge in [0.1, 0.15) is 0 Å². The van der Waals surface area contributed by atoms with Gasteiger partial charge in [0.05, 0.1) is 25.4 Å². The number of ether oxygens (including phenoxy) is 1. The second kappa shape index (κ2) is 54.2. The third-order valence-corrected chi connectivity index (χ3v) is 13.6. The Morgan fingerprint density at radius 1 is 0.422 bits per heavy atom. The van der Waals surface area contributed by atoms with Gasteiger partial charge < -0.3 is 20.3 Å². The Morgan fingerprint density at radius 2 is 0.734 bits per heavy atom. The summed E-state index contributed by atoms with van der Waals surface area (Å²) in [5.41, 5.74) is 0. The number of carbonyl (C=O) groups is 2. The van der Waals surface area contributed by atoms with Crippen LogP contribution in [0.1, 0.15) is 322 Å². The monoisotopic (exact) mass is 904 g/mol. The van der Waals surface area contributed by atoms with Crippen LogP contribution in [0.3, 0.4) is 0 Å². The number of aliphatic hydroxyl groups is 2. The molecule has 6 heteroatoms. The minimum Gasteiger partial charge on any atom is -0.466 e. The fourth-order valence-corrected chi connectivity index (χ4v) is 9.11. The maximum atomic E-state index is 12.4. The number of hydrogen-bond donors (Lipinski definition) is 3. The molecule has 0 radical (unpaired) electrons. The van der Waals surface area contributed by atoms with Crippen LogP contribution in [0.2, 0.25) is 0 Å². The summed E-state index contributed by atoms with van der Waals surface area (Å²) in [5.74, 6) is -0.0231. The van der Waals surface area contributed by atoms with Crippen molar-refractivity contribution in [2.24, 2.45) is 0 Å². The Balaban J connectivity index is 3.35. The molecule has 0 aliphatic rings. The molecule has 64 heavy (non-hydrogen) atoms. The zero-order valence-electron chi connectivity index (χ0n) is 43.3. The van der Waals surface area contributed by atoms with Crippen LogP contribution < -0.4 is 5.32 Å². The van der Waals surface area contributed by atoms with Crippen molar-refractivity contribution < 1.29 is 24.5 Å². The largest absolute Gasteiger partial charge is 0.466 e. The zero-order valence-corrected chi connectivity index (χ0v) is 43.3. The molecule has 0 saturated carbocycles. The number of carbonyl (C=O) groups excluding carboxylic acids is 2. The number of unbranched alkanes of at least 4 members (excludes halogenated alkanes) is 41. The maximum Gasteiger partial charge on any atom is 0.305 e. The van der Waals surface area contributed by atoms with Crippen LogP contribution in [0, 0.1) is 0 Å². The quantitative estimate of drug-likeness (QED) is 0.0321. The van der Waals surface area contributed by atoms with Crippen molar-refractivity contribution in [2.45, 2.75) is 334 Å². The smallest absolute Gasteiger partial charge is 0.305 e. The summed E-state index contributed by atoms with van der Waals surface area (Å²) in [6, 6.07) is -0.539. The van der Waals surface area contributed by atoms with E-state index in [4.69, 9.17) is 4.74 Å². The van der Waals surface area contributed by atoms with Gasteiger partial charge in [-0.3, -0.25) is 9.59 Å². The van der Waals surface area contributed by atoms with Crippen molar-refractivity contribution in [1.82, 2.24) is 5.32 Å². The highest BCUT2D eigenvalue weighted by atomic mass is 16.5. The number of rotatable bonds is 54. The van der Waals surface area contributed by atoms with Crippen molar-refractivity contribution in [3.8, 4) is 0 Å². The van der Waals surface area contributed by atoms with E-state index < -0.39 is 12.1 Å². The van der Waals surface area contributed by atoms with E-state index in [9.17, 15) is 19.8 Å². The molecule has 0 spiro atoms. The molecule has 0 saturated heterocycles. The molecule has 0 bridgehead atoms. The average Bonchev–Trinajstić information content (AvgIpc) is 3.29. The minimum atomic E-state index is -0.662. The van der Waals surface area contributed by atoms with Crippen LogP contribution in [0.4, 0.5) is 0 Å². The maximum absolute atomic E-state index is 12.4. The van der Waals surface area contributed by atoms with E-state index in [1.165, 1.54) is 250 Å². The number of nitrogens with one attached hydrogen (secondary N) is 1. The van der Waals surface area contributed by atoms with Crippen molar-refractivity contribution >= 4 is 11.9 Å². The number of aliphatic hydroxyl groups excluding tert-OH is 2. The van der Waals surface area contributed by atoms with E-state index >= 15 is 0 Å². The summed E-state index contributed by atoms with van der Waals surface area (Å²) in [5, 5.41) is 23.1. The molecule has 3 N–H and O–H groups in total. The Kier molecular flexibility index (Phi) is 53.0. The standard InChI is InChI=1S/C58H113NO5/c1-3-5-7-9-11-13-14-32-36-40-44-48-52-58(63)64-53-49-45-41-37-33-30-28-26-24-22-20-18-16-15-17-19-21-23-25-27-29-31-35-39-43-47-51-57(62)59-55(54-60)56(61)50-46-42-38-34-12-10-8-6-4-2/h15,17,55-56,60-61H,3-14,16,18-54H2,1-2H3,(H,59,62)/b17-15-. The van der Waals surface area contributed by atoms with E-state index in [0.717, 1.165) is 38.5 Å². The summed E-state index contributed by atoms with van der Waals surface area (Å²) in [6.07, 6.45) is 63.7. The summed E-state index contributed by atoms with van der Waals surface area (Å²) in [6.45, 7) is 4.94. The molecule has 6 nitrogen and oxygen atoms in total. The van der Waals surface area contributed by atoms with Crippen LogP contribution in [-0.2, 0) is 14.3 Å². The number of esters is 1. The first-order valence-corrected chi connectivity index (χ1v) is 28.9. The summed E-state index contributed by atoms with van der Waals surface area (Å²) >= 11 is 0. The Labute approximate surface area is 399 Å². The summed E-state index contributed by atoms with van der Waals surface area (Å²) in [4.78, 5) is 24.4. The van der Waals surface area contributed by atoms with Gasteiger partial charge in [-0.25, -0.2) is 0 Å². The molecular formula is C58H113NO5. The van der Waals surface area contributed by atoms with Gasteiger partial charge in [0, 0.05) is 12.8 Å². The first-order chi connectivity index (χ1) is 31.5. The molecule has 0 aliphatic carbocycles. The van der Waals surface area contributed by atoms with Crippen LogP contribution >= 0.6 is 0 Å². The van der Waals surface area contributed by atoms with Crippen molar-refractivity contribution in [3.05, 3.63) is 12.2 Å². The van der Waals surface area contributed by atoms with Crippen molar-refractivity contribution in [3.63, 3.8) is 0 Å². The van der Waals surface area contributed by atoms with E-state index in [1.54, 1.807) is 0 Å². The topological polar surface area (TPSA) is 95.9 Å². The molecule has 0 fully saturated rings. The molecule has 0 aromatic rings. The van der Waals surface area contributed by atoms with Gasteiger partial charge in [0.25, 0.3) is 0 Å². The molecular weight excluding hydrogens is 791 g/mol. The number of hydrogen-bond acceptors (Lipinski definition) is 5. The lowest BCUT2D eigenvalue weighted by atomic mass is 10.0. The van der Waals surface area contributed by atoms with E-state index in [2.05, 4.69) is 31.3 Å². The molecule has 0 rings (SSSR count). The van der Waals surface area contributed by atoms with E-state index in [-0.39, 0.29) is 18.5 Å². The van der Waals surface area contributed by atoms with Crippen molar-refractivity contribution in [2.75, 3.05) is 13.2 Å². The predicted molar refractivity (Wildman–Crippen MR) is 278 cm³/mol. The van der Waals surface area contributed by atoms with Gasteiger partial charge >= 0.3 is 5.97 Å². The molecule has 380 valence electrons. The van der Waals surface area contributed by atoms with Gasteiger partial charge in [0.2, 0.25) is 5.91 Å². The predicted octanol–water partition coefficient (Wildman–Crippen LogP) is 17.7. The van der Waals surface area contributed by atoms with Gasteiger partial charge in [-0.15, -0.1) is 0 Å². The first kappa shape index (κ1) is 62.6. The van der Waals surface area contributed by atoms with Crippen LogP contribution in [0.15, 0.2) is 12.2 Å². The average molecular weight is 905 g/mol. The van der Waals surface area contributed by atoms with Gasteiger partial charge in [-0.1, -0.05) is 270 Å². The van der Waals surface area contributed by atoms with Gasteiger partial charge in [-0.05, 0) is 51.4 Å². The van der Waals surface area contributed by atoms with Crippen LogP contribution in [0.25, 0.3) is 0 Å². The fourth-order valence-electron chi connectivity index (χ4n) is 9.11. The summed E-state index contributed by atoms with van der Waals surface area (Å²) in [7, 11) is 0. The molecule has 0 aromatic heterocycles. The minimum absolute atomic E-state index is 0.0152. The third-order valence-electron chi connectivity index (χ3n) is 13.6. The fraction of sp³-hybridized carbons (Fsp3) is 0.931. The SMILES string of the molecule is CCCCCCCCCCCCCCC(=O)OCCCCCCCCCCCCCC/C=C\CCCCCCCCCCCCC(=O)NC(CO)C(O)CCCCCCCCCCC. The molecule has 0 aromatic carbocycles. The second-order valence-electron chi connectivity index (χ2n) is 20.0. The molecule has 2 unspecified atom stereocenters. The molecule has 1 amide bonds. The van der Waals surface area contributed by atoms with Crippen molar-refractivity contribution in [1.29, 1.82) is 0 Å². The van der Waals surface area contributed by atoms with E-state index in [1.807, 2.05) is 0 Å². The lowest BCUT2D eigenvalue weighted by Gasteiger charge is -2.22. The van der Waals surface area contributed by atoms with Gasteiger partial charge in [-0.2, -0.15) is 0 Å². The van der Waals surface area contributed by atoms with Gasteiger partial charge in [0.15, 0.2) is 0 Å². The number of allylic oxidation sites excluding steroid dienone is 2. The highest BCUT2D eigenvalue weighted by molar-refractivity contribution is 5.76. The Morgan fingerprint density at radius 3 is 1.11 bits per heavy atom. The lowest BCUT2D eigenvalue weighted by Crippen LogP contribution is -2.45. The molecule has 2 atom stereocenters. The molecule has 0 heterocycles. The van der Waals surface area contributed by atoms with E-state index in [0.29, 0.717) is 25.9 Å². The van der Waals surface area contributed by atoms with Crippen LogP contribution in [0.5, 0.6) is 0 Å². The first-order valence-electron chi connectivity index (χ1n) is 28.9. The lowest BCUT2D eigenvalue weighted by molar-refractivity contribution is -0.143. The normalized spacial score (nSPS) is 12.6. The number of amides is 1. The zero-order chi connectivity index (χ0) is 46.5. The Hall–Kier alpha value is -1.40. The second-order valence-corrected chi connectivity index (χ2v) is 20.0. The highest BCUT2D eigenvalue weighted by Gasteiger charge is 2.20. The third kappa shape index (κ3) is 50.0. The highest BCUT2D eigenvalue weighted by Crippen LogP contribution is 2.17. The molecule has 0 aliphatic heterocycles.